The monoisotopic (exact) mass is 280 g/mol. The molecule has 0 aromatic carbocycles. The SMILES string of the molecule is CC(C)(C)OC(=O)N1CCc2nc3scnn3c2C1. The van der Waals surface area contributed by atoms with Gasteiger partial charge in [-0.3, -0.25) is 0 Å². The summed E-state index contributed by atoms with van der Waals surface area (Å²) in [5.41, 5.74) is 3.33. The highest BCUT2D eigenvalue weighted by molar-refractivity contribution is 7.14. The Morgan fingerprint density at radius 1 is 1.47 bits per heavy atom. The van der Waals surface area contributed by atoms with E-state index in [0.29, 0.717) is 13.1 Å². The van der Waals surface area contributed by atoms with Crippen molar-refractivity contribution < 1.29 is 9.53 Å². The van der Waals surface area contributed by atoms with Gasteiger partial charge in [0.15, 0.2) is 0 Å². The first-order valence-corrected chi connectivity index (χ1v) is 7.10. The summed E-state index contributed by atoms with van der Waals surface area (Å²) in [6.07, 6.45) is 0.480. The Morgan fingerprint density at radius 2 is 2.26 bits per heavy atom. The van der Waals surface area contributed by atoms with Gasteiger partial charge in [0, 0.05) is 13.0 Å². The van der Waals surface area contributed by atoms with Gasteiger partial charge >= 0.3 is 6.09 Å². The average molecular weight is 280 g/mol. The molecule has 0 bridgehead atoms. The van der Waals surface area contributed by atoms with Crippen LogP contribution in [0.2, 0.25) is 0 Å². The van der Waals surface area contributed by atoms with E-state index >= 15 is 0 Å². The normalized spacial score (nSPS) is 15.6. The Kier molecular flexibility index (Phi) is 2.74. The lowest BCUT2D eigenvalue weighted by Gasteiger charge is -2.29. The molecule has 2 aromatic heterocycles. The molecule has 1 aliphatic heterocycles. The second-order valence-electron chi connectivity index (χ2n) is 5.59. The number of nitrogens with zero attached hydrogens (tertiary/aromatic N) is 4. The maximum Gasteiger partial charge on any atom is 0.410 e. The Hall–Kier alpha value is -1.63. The van der Waals surface area contributed by atoms with Crippen LogP contribution in [0, 0.1) is 0 Å². The Labute approximate surface area is 115 Å². The summed E-state index contributed by atoms with van der Waals surface area (Å²) in [7, 11) is 0. The smallest absolute Gasteiger partial charge is 0.410 e. The number of hydrogen-bond acceptors (Lipinski definition) is 5. The molecule has 1 aliphatic rings. The molecule has 0 fully saturated rings. The molecule has 0 atom stereocenters. The van der Waals surface area contributed by atoms with Gasteiger partial charge in [0.2, 0.25) is 4.96 Å². The molecule has 102 valence electrons. The lowest BCUT2D eigenvalue weighted by Crippen LogP contribution is -2.40. The molecule has 2 aromatic rings. The van der Waals surface area contributed by atoms with E-state index in [2.05, 4.69) is 10.1 Å². The summed E-state index contributed by atoms with van der Waals surface area (Å²) >= 11 is 1.51. The minimum absolute atomic E-state index is 0.275. The molecule has 3 heterocycles. The van der Waals surface area contributed by atoms with Crippen molar-refractivity contribution in [3.63, 3.8) is 0 Å². The molecule has 6 nitrogen and oxygen atoms in total. The van der Waals surface area contributed by atoms with E-state index in [1.54, 1.807) is 10.4 Å². The molecule has 3 rings (SSSR count). The second kappa shape index (κ2) is 4.19. The number of rotatable bonds is 0. The zero-order valence-corrected chi connectivity index (χ0v) is 12.0. The van der Waals surface area contributed by atoms with E-state index in [9.17, 15) is 4.79 Å². The molecule has 7 heteroatoms. The predicted octanol–water partition coefficient (Wildman–Crippen LogP) is 2.08. The van der Waals surface area contributed by atoms with E-state index in [-0.39, 0.29) is 6.09 Å². The number of fused-ring (bicyclic) bond motifs is 3. The number of ether oxygens (including phenoxy) is 1. The molecule has 0 N–H and O–H groups in total. The third kappa shape index (κ3) is 2.30. The summed E-state index contributed by atoms with van der Waals surface area (Å²) in [5.74, 6) is 0. The minimum atomic E-state index is -0.468. The highest BCUT2D eigenvalue weighted by Crippen LogP contribution is 2.23. The van der Waals surface area contributed by atoms with Crippen LogP contribution in [-0.4, -0.2) is 37.7 Å². The summed E-state index contributed by atoms with van der Waals surface area (Å²) in [4.78, 5) is 19.2. The van der Waals surface area contributed by atoms with Gasteiger partial charge in [-0.1, -0.05) is 11.3 Å². The van der Waals surface area contributed by atoms with E-state index in [1.165, 1.54) is 11.3 Å². The molecule has 0 spiro atoms. The standard InChI is InChI=1S/C12H16N4O2S/c1-12(2,3)18-11(17)15-5-4-8-9(6-15)16-10(14-8)19-7-13-16/h7H,4-6H2,1-3H3. The third-order valence-corrected chi connectivity index (χ3v) is 3.61. The van der Waals surface area contributed by atoms with Gasteiger partial charge < -0.3 is 9.64 Å². The van der Waals surface area contributed by atoms with Gasteiger partial charge in [0.25, 0.3) is 0 Å². The second-order valence-corrected chi connectivity index (χ2v) is 6.40. The number of aromatic nitrogens is 3. The Morgan fingerprint density at radius 3 is 3.00 bits per heavy atom. The third-order valence-electron chi connectivity index (χ3n) is 2.93. The summed E-state index contributed by atoms with van der Waals surface area (Å²) in [5, 5.41) is 4.25. The fourth-order valence-electron chi connectivity index (χ4n) is 2.12. The number of imidazole rings is 1. The van der Waals surface area contributed by atoms with Crippen LogP contribution in [0.5, 0.6) is 0 Å². The first kappa shape index (κ1) is 12.4. The van der Waals surface area contributed by atoms with Crippen LogP contribution >= 0.6 is 11.3 Å². The summed E-state index contributed by atoms with van der Waals surface area (Å²) in [6.45, 7) is 6.77. The fraction of sp³-hybridized carbons (Fsp3) is 0.583. The summed E-state index contributed by atoms with van der Waals surface area (Å²) in [6, 6.07) is 0. The molecule has 1 amide bonds. The summed E-state index contributed by atoms with van der Waals surface area (Å²) < 4.78 is 7.22. The quantitative estimate of drug-likeness (QED) is 0.741. The number of carbonyl (C=O) groups is 1. The molecule has 0 saturated heterocycles. The molecule has 19 heavy (non-hydrogen) atoms. The predicted molar refractivity (Wildman–Crippen MR) is 71.2 cm³/mol. The maximum atomic E-state index is 12.1. The highest BCUT2D eigenvalue weighted by Gasteiger charge is 2.28. The molecule has 0 saturated carbocycles. The van der Waals surface area contributed by atoms with Crippen molar-refractivity contribution in [3.05, 3.63) is 16.9 Å². The van der Waals surface area contributed by atoms with E-state index in [1.807, 2.05) is 25.3 Å². The van der Waals surface area contributed by atoms with Crippen LogP contribution in [0.1, 0.15) is 32.2 Å². The van der Waals surface area contributed by atoms with Crippen molar-refractivity contribution >= 4 is 22.4 Å². The van der Waals surface area contributed by atoms with Crippen molar-refractivity contribution in [3.8, 4) is 0 Å². The van der Waals surface area contributed by atoms with E-state index in [4.69, 9.17) is 4.74 Å². The zero-order chi connectivity index (χ0) is 13.6. The Balaban J connectivity index is 1.83. The van der Waals surface area contributed by atoms with E-state index < -0.39 is 5.60 Å². The molecule has 0 radical (unpaired) electrons. The number of amides is 1. The van der Waals surface area contributed by atoms with Crippen molar-refractivity contribution in [2.45, 2.75) is 39.3 Å². The molecule has 0 unspecified atom stereocenters. The molecular weight excluding hydrogens is 264 g/mol. The minimum Gasteiger partial charge on any atom is -0.444 e. The average Bonchev–Trinajstić information content (AvgIpc) is 2.85. The Bertz CT molecular complexity index is 625. The zero-order valence-electron chi connectivity index (χ0n) is 11.2. The maximum absolute atomic E-state index is 12.1. The first-order chi connectivity index (χ1) is 8.94. The molecule has 0 aliphatic carbocycles. The van der Waals surface area contributed by atoms with Gasteiger partial charge in [0.1, 0.15) is 11.1 Å². The van der Waals surface area contributed by atoms with Crippen molar-refractivity contribution in [2.75, 3.05) is 6.54 Å². The van der Waals surface area contributed by atoms with Gasteiger partial charge in [-0.15, -0.1) is 0 Å². The van der Waals surface area contributed by atoms with Crippen molar-refractivity contribution in [1.82, 2.24) is 19.5 Å². The lowest BCUT2D eigenvalue weighted by molar-refractivity contribution is 0.0219. The highest BCUT2D eigenvalue weighted by atomic mass is 32.1. The largest absolute Gasteiger partial charge is 0.444 e. The number of carbonyl (C=O) groups excluding carboxylic acids is 1. The van der Waals surface area contributed by atoms with Crippen LogP contribution < -0.4 is 0 Å². The van der Waals surface area contributed by atoms with Gasteiger partial charge in [-0.05, 0) is 20.8 Å². The van der Waals surface area contributed by atoms with Crippen molar-refractivity contribution in [1.29, 1.82) is 0 Å². The van der Waals surface area contributed by atoms with Crippen LogP contribution in [0.3, 0.4) is 0 Å². The van der Waals surface area contributed by atoms with Crippen LogP contribution in [0.15, 0.2) is 5.51 Å². The topological polar surface area (TPSA) is 59.7 Å². The molecular formula is C12H16N4O2S. The van der Waals surface area contributed by atoms with Crippen LogP contribution in [0.25, 0.3) is 4.96 Å². The van der Waals surface area contributed by atoms with Gasteiger partial charge in [-0.25, -0.2) is 14.3 Å². The van der Waals surface area contributed by atoms with Gasteiger partial charge in [0.05, 0.1) is 17.9 Å². The fourth-order valence-corrected chi connectivity index (χ4v) is 2.78. The lowest BCUT2D eigenvalue weighted by atomic mass is 10.1. The number of hydrogen-bond donors (Lipinski definition) is 0. The van der Waals surface area contributed by atoms with Crippen LogP contribution in [-0.2, 0) is 17.7 Å². The van der Waals surface area contributed by atoms with Crippen LogP contribution in [0.4, 0.5) is 4.79 Å². The van der Waals surface area contributed by atoms with E-state index in [0.717, 1.165) is 22.8 Å². The first-order valence-electron chi connectivity index (χ1n) is 6.22. The van der Waals surface area contributed by atoms with Gasteiger partial charge in [-0.2, -0.15) is 5.10 Å². The van der Waals surface area contributed by atoms with Crippen molar-refractivity contribution in [2.24, 2.45) is 0 Å².